The van der Waals surface area contributed by atoms with E-state index < -0.39 is 6.04 Å². The van der Waals surface area contributed by atoms with Crippen molar-refractivity contribution in [3.8, 4) is 23.3 Å². The summed E-state index contributed by atoms with van der Waals surface area (Å²) in [6.07, 6.45) is 0. The summed E-state index contributed by atoms with van der Waals surface area (Å²) in [5, 5.41) is 9.76. The number of nitrogens with zero attached hydrogens (tertiary/aromatic N) is 2. The lowest BCUT2D eigenvalue weighted by Gasteiger charge is -2.28. The lowest BCUT2D eigenvalue weighted by Crippen LogP contribution is -2.21. The number of hydrogen-bond donors (Lipinski definition) is 0. The van der Waals surface area contributed by atoms with Gasteiger partial charge >= 0.3 is 0 Å². The van der Waals surface area contributed by atoms with E-state index in [1.54, 1.807) is 33.5 Å². The van der Waals surface area contributed by atoms with E-state index in [2.05, 4.69) is 22.2 Å². The van der Waals surface area contributed by atoms with E-state index in [4.69, 9.17) is 14.2 Å². The monoisotopic (exact) mass is 404 g/mol. The third-order valence-corrected chi connectivity index (χ3v) is 5.05. The molecule has 25 heavy (non-hydrogen) atoms. The number of nitriles is 1. The first-order valence-electron chi connectivity index (χ1n) is 7.75. The van der Waals surface area contributed by atoms with Gasteiger partial charge in [0.25, 0.3) is 0 Å². The summed E-state index contributed by atoms with van der Waals surface area (Å²) < 4.78 is 18.0. The second-order valence-corrected chi connectivity index (χ2v) is 6.24. The maximum atomic E-state index is 9.76. The number of benzene rings is 2. The molecule has 5 nitrogen and oxygen atoms in total. The molecular formula is C19H21BrN2O3. The molecule has 0 N–H and O–H groups in total. The smallest absolute Gasteiger partial charge is 0.203 e. The fourth-order valence-electron chi connectivity index (χ4n) is 2.63. The molecule has 6 heteroatoms. The predicted molar refractivity (Wildman–Crippen MR) is 100 cm³/mol. The Morgan fingerprint density at radius 1 is 0.960 bits per heavy atom. The highest BCUT2D eigenvalue weighted by atomic mass is 79.9. The highest BCUT2D eigenvalue weighted by Crippen LogP contribution is 2.42. The van der Waals surface area contributed by atoms with E-state index in [1.807, 2.05) is 41.2 Å². The number of halogens is 1. The zero-order valence-corrected chi connectivity index (χ0v) is 16.3. The van der Waals surface area contributed by atoms with Crippen LogP contribution in [0.4, 0.5) is 0 Å². The Morgan fingerprint density at radius 3 is 1.96 bits per heavy atom. The molecule has 0 aliphatic rings. The summed E-state index contributed by atoms with van der Waals surface area (Å²) >= 11 is 3.57. The van der Waals surface area contributed by atoms with Crippen molar-refractivity contribution in [2.45, 2.75) is 19.0 Å². The van der Waals surface area contributed by atoms with Gasteiger partial charge in [0.1, 0.15) is 6.04 Å². The van der Waals surface area contributed by atoms with Crippen molar-refractivity contribution in [2.75, 3.05) is 21.3 Å². The molecule has 0 fully saturated rings. The summed E-state index contributed by atoms with van der Waals surface area (Å²) in [5.41, 5.74) is 1.85. The standard InChI is InChI=1S/C19H21BrN2O3/c1-13(14-8-6-5-7-9-14)22(20)16(12-21)15-10-17(23-2)19(25-4)18(11-15)24-3/h5-11,13,16H,1-4H3. The van der Waals surface area contributed by atoms with Gasteiger partial charge in [0, 0.05) is 22.2 Å². The molecule has 2 aromatic rings. The molecule has 0 spiro atoms. The number of hydrogen-bond acceptors (Lipinski definition) is 5. The number of methoxy groups -OCH3 is 3. The molecule has 0 radical (unpaired) electrons. The van der Waals surface area contributed by atoms with Crippen LogP contribution in [0.15, 0.2) is 42.5 Å². The van der Waals surface area contributed by atoms with E-state index in [0.717, 1.165) is 11.1 Å². The van der Waals surface area contributed by atoms with Crippen molar-refractivity contribution in [1.82, 2.24) is 3.93 Å². The second kappa shape index (κ2) is 8.75. The van der Waals surface area contributed by atoms with Crippen molar-refractivity contribution < 1.29 is 14.2 Å². The molecule has 0 saturated heterocycles. The van der Waals surface area contributed by atoms with Gasteiger partial charge in [0.2, 0.25) is 5.75 Å². The minimum absolute atomic E-state index is 0.00931. The molecule has 0 aromatic heterocycles. The molecule has 0 aliphatic heterocycles. The Labute approximate surface area is 157 Å². The summed E-state index contributed by atoms with van der Waals surface area (Å²) in [6, 6.07) is 15.4. The summed E-state index contributed by atoms with van der Waals surface area (Å²) in [5.74, 6) is 1.54. The van der Waals surface area contributed by atoms with Gasteiger partial charge in [-0.1, -0.05) is 30.3 Å². The SMILES string of the molecule is COc1cc(C(C#N)N(Br)C(C)c2ccccc2)cc(OC)c1OC. The molecule has 0 aliphatic carbocycles. The van der Waals surface area contributed by atoms with Gasteiger partial charge in [-0.25, -0.2) is 3.93 Å². The van der Waals surface area contributed by atoms with Crippen LogP contribution < -0.4 is 14.2 Å². The zero-order chi connectivity index (χ0) is 18.4. The van der Waals surface area contributed by atoms with Gasteiger partial charge < -0.3 is 14.2 Å². The molecule has 0 amide bonds. The summed E-state index contributed by atoms with van der Waals surface area (Å²) in [7, 11) is 4.66. The molecule has 2 aromatic carbocycles. The maximum absolute atomic E-state index is 9.76. The minimum atomic E-state index is -0.538. The highest BCUT2D eigenvalue weighted by Gasteiger charge is 2.26. The molecule has 0 bridgehead atoms. The van der Waals surface area contributed by atoms with Crippen LogP contribution in [0.1, 0.15) is 30.1 Å². The van der Waals surface area contributed by atoms with E-state index in [-0.39, 0.29) is 6.04 Å². The average Bonchev–Trinajstić information content (AvgIpc) is 2.67. The van der Waals surface area contributed by atoms with Crippen LogP contribution in [-0.4, -0.2) is 25.3 Å². The molecule has 2 rings (SSSR count). The van der Waals surface area contributed by atoms with E-state index in [0.29, 0.717) is 17.2 Å². The predicted octanol–water partition coefficient (Wildman–Crippen LogP) is 4.65. The number of ether oxygens (including phenoxy) is 3. The van der Waals surface area contributed by atoms with Gasteiger partial charge in [-0.05, 0) is 30.2 Å². The summed E-state index contributed by atoms with van der Waals surface area (Å²) in [4.78, 5) is 0. The van der Waals surface area contributed by atoms with Crippen LogP contribution in [0.3, 0.4) is 0 Å². The lowest BCUT2D eigenvalue weighted by molar-refractivity contribution is 0.319. The molecule has 2 unspecified atom stereocenters. The van der Waals surface area contributed by atoms with Crippen LogP contribution >= 0.6 is 16.1 Å². The van der Waals surface area contributed by atoms with Gasteiger partial charge in [-0.3, -0.25) is 0 Å². The van der Waals surface area contributed by atoms with Crippen LogP contribution in [0.5, 0.6) is 17.2 Å². The fourth-order valence-corrected chi connectivity index (χ4v) is 3.19. The normalized spacial score (nSPS) is 13.0. The van der Waals surface area contributed by atoms with Crippen LogP contribution in [0.2, 0.25) is 0 Å². The molecule has 0 saturated carbocycles. The molecular weight excluding hydrogens is 384 g/mol. The largest absolute Gasteiger partial charge is 0.493 e. The van der Waals surface area contributed by atoms with Gasteiger partial charge in [-0.15, -0.1) is 0 Å². The fraction of sp³-hybridized carbons (Fsp3) is 0.316. The van der Waals surface area contributed by atoms with Crippen molar-refractivity contribution in [3.63, 3.8) is 0 Å². The Balaban J connectivity index is 2.42. The average molecular weight is 405 g/mol. The van der Waals surface area contributed by atoms with Crippen molar-refractivity contribution in [3.05, 3.63) is 53.6 Å². The third kappa shape index (κ3) is 4.06. The molecule has 132 valence electrons. The van der Waals surface area contributed by atoms with E-state index in [9.17, 15) is 5.26 Å². The third-order valence-electron chi connectivity index (χ3n) is 4.02. The maximum Gasteiger partial charge on any atom is 0.203 e. The highest BCUT2D eigenvalue weighted by molar-refractivity contribution is 9.07. The Bertz CT molecular complexity index is 721. The van der Waals surface area contributed by atoms with Crippen LogP contribution in [-0.2, 0) is 0 Å². The lowest BCUT2D eigenvalue weighted by atomic mass is 10.0. The van der Waals surface area contributed by atoms with Crippen molar-refractivity contribution >= 4 is 16.1 Å². The quantitative estimate of drug-likeness (QED) is 0.628. The zero-order valence-electron chi connectivity index (χ0n) is 14.7. The minimum Gasteiger partial charge on any atom is -0.493 e. The second-order valence-electron chi connectivity index (χ2n) is 5.42. The molecule has 0 heterocycles. The number of rotatable bonds is 7. The van der Waals surface area contributed by atoms with Crippen LogP contribution in [0, 0.1) is 11.3 Å². The van der Waals surface area contributed by atoms with Crippen molar-refractivity contribution in [1.29, 1.82) is 5.26 Å². The molecule has 2 atom stereocenters. The van der Waals surface area contributed by atoms with E-state index >= 15 is 0 Å². The first-order valence-corrected chi connectivity index (χ1v) is 8.46. The van der Waals surface area contributed by atoms with E-state index in [1.165, 1.54) is 0 Å². The Morgan fingerprint density at radius 2 is 1.52 bits per heavy atom. The Hall–Kier alpha value is -2.23. The van der Waals surface area contributed by atoms with Gasteiger partial charge in [0.15, 0.2) is 11.5 Å². The van der Waals surface area contributed by atoms with Gasteiger partial charge in [0.05, 0.1) is 27.4 Å². The van der Waals surface area contributed by atoms with Gasteiger partial charge in [-0.2, -0.15) is 5.26 Å². The van der Waals surface area contributed by atoms with Crippen molar-refractivity contribution in [2.24, 2.45) is 0 Å². The first kappa shape index (κ1) is 19.1. The first-order chi connectivity index (χ1) is 12.1. The summed E-state index contributed by atoms with van der Waals surface area (Å²) in [6.45, 7) is 2.03. The van der Waals surface area contributed by atoms with Crippen LogP contribution in [0.25, 0.3) is 0 Å². The topological polar surface area (TPSA) is 54.7 Å². The Kier molecular flexibility index (Phi) is 6.68.